The average molecular weight is 220 g/mol. The van der Waals surface area contributed by atoms with E-state index in [1.807, 2.05) is 0 Å². The monoisotopic (exact) mass is 220 g/mol. The Balaban J connectivity index is 0.000000322. The van der Waals surface area contributed by atoms with Crippen LogP contribution in [-0.2, 0) is 14.4 Å². The third-order valence-corrected chi connectivity index (χ3v) is 1.62. The molecule has 0 bridgehead atoms. The highest BCUT2D eigenvalue weighted by Crippen LogP contribution is 2.25. The summed E-state index contributed by atoms with van der Waals surface area (Å²) in [6, 6.07) is 0. The van der Waals surface area contributed by atoms with Crippen LogP contribution in [0.15, 0.2) is 0 Å². The second kappa shape index (κ2) is 6.10. The molecule has 1 aliphatic carbocycles. The minimum absolute atomic E-state index is 0.454. The molecular weight excluding hydrogens is 208 g/mol. The highest BCUT2D eigenvalue weighted by Gasteiger charge is 2.29. The molecule has 0 radical (unpaired) electrons. The summed E-state index contributed by atoms with van der Waals surface area (Å²) in [5, 5.41) is 32.5. The minimum atomic E-state index is -2.27. The predicted molar refractivity (Wildman–Crippen MR) is 46.1 cm³/mol. The molecule has 1 fully saturated rings. The lowest BCUT2D eigenvalue weighted by Crippen LogP contribution is -2.39. The SMILES string of the molecule is O=C(O)C(O)C(O)C(=O)O.O=CC1CC1. The standard InChI is InChI=1S/C4H6O6.C4H6O/c5-1(3(7)8)2(6)4(9)10;5-3-4-1-2-4/h1-2,5-6H,(H,7,8)(H,9,10);3-4H,1-2H2. The van der Waals surface area contributed by atoms with Gasteiger partial charge in [-0.05, 0) is 12.8 Å². The van der Waals surface area contributed by atoms with Crippen molar-refractivity contribution < 1.29 is 34.8 Å². The number of aldehydes is 1. The van der Waals surface area contributed by atoms with E-state index in [-0.39, 0.29) is 0 Å². The van der Waals surface area contributed by atoms with Gasteiger partial charge in [-0.2, -0.15) is 0 Å². The van der Waals surface area contributed by atoms with E-state index in [4.69, 9.17) is 20.4 Å². The third kappa shape index (κ3) is 5.76. The van der Waals surface area contributed by atoms with Crippen molar-refractivity contribution in [3.8, 4) is 0 Å². The van der Waals surface area contributed by atoms with Crippen LogP contribution in [0.3, 0.4) is 0 Å². The molecule has 7 nitrogen and oxygen atoms in total. The van der Waals surface area contributed by atoms with E-state index in [0.29, 0.717) is 5.92 Å². The number of hydrogen-bond donors (Lipinski definition) is 4. The molecule has 0 spiro atoms. The molecule has 7 heteroatoms. The van der Waals surface area contributed by atoms with Gasteiger partial charge in [-0.15, -0.1) is 0 Å². The molecule has 0 saturated heterocycles. The van der Waals surface area contributed by atoms with Crippen LogP contribution in [0.4, 0.5) is 0 Å². The first kappa shape index (κ1) is 13.5. The number of hydrogen-bond acceptors (Lipinski definition) is 5. The summed E-state index contributed by atoms with van der Waals surface area (Å²) in [5.74, 6) is -3.08. The maximum atomic E-state index is 9.77. The van der Waals surface area contributed by atoms with Crippen molar-refractivity contribution in [1.82, 2.24) is 0 Å². The molecule has 0 aromatic heterocycles. The summed E-state index contributed by atoms with van der Waals surface area (Å²) in [5.41, 5.74) is 0. The van der Waals surface area contributed by atoms with Crippen LogP contribution in [0.2, 0.25) is 0 Å². The van der Waals surface area contributed by atoms with Crippen molar-refractivity contribution in [2.75, 3.05) is 0 Å². The van der Waals surface area contributed by atoms with Gasteiger partial charge in [-0.25, -0.2) is 9.59 Å². The minimum Gasteiger partial charge on any atom is -0.479 e. The van der Waals surface area contributed by atoms with Gasteiger partial charge in [0.15, 0.2) is 12.2 Å². The zero-order valence-corrected chi connectivity index (χ0v) is 7.74. The highest BCUT2D eigenvalue weighted by molar-refractivity contribution is 5.83. The zero-order valence-electron chi connectivity index (χ0n) is 7.74. The number of rotatable bonds is 4. The number of carbonyl (C=O) groups is 3. The summed E-state index contributed by atoms with van der Waals surface area (Å²) < 4.78 is 0. The van der Waals surface area contributed by atoms with Gasteiger partial charge < -0.3 is 25.2 Å². The molecule has 1 rings (SSSR count). The van der Waals surface area contributed by atoms with E-state index in [9.17, 15) is 14.4 Å². The molecule has 0 heterocycles. The van der Waals surface area contributed by atoms with Crippen LogP contribution in [-0.4, -0.2) is 50.9 Å². The van der Waals surface area contributed by atoms with Crippen molar-refractivity contribution in [3.63, 3.8) is 0 Å². The first-order chi connectivity index (χ1) is 6.90. The highest BCUT2D eigenvalue weighted by atomic mass is 16.4. The van der Waals surface area contributed by atoms with Gasteiger partial charge >= 0.3 is 11.9 Å². The van der Waals surface area contributed by atoms with Crippen LogP contribution in [0.5, 0.6) is 0 Å². The number of carboxylic acid groups (broad SMARTS) is 2. The molecular formula is C8H12O7. The molecule has 86 valence electrons. The summed E-state index contributed by atoms with van der Waals surface area (Å²) >= 11 is 0. The zero-order chi connectivity index (χ0) is 12.0. The quantitative estimate of drug-likeness (QED) is 0.422. The van der Waals surface area contributed by atoms with Crippen molar-refractivity contribution >= 4 is 18.2 Å². The van der Waals surface area contributed by atoms with E-state index in [1.54, 1.807) is 0 Å². The van der Waals surface area contributed by atoms with Gasteiger partial charge in [-0.3, -0.25) is 0 Å². The second-order valence-electron chi connectivity index (χ2n) is 3.04. The topological polar surface area (TPSA) is 132 Å². The first-order valence-corrected chi connectivity index (χ1v) is 4.17. The fourth-order valence-corrected chi connectivity index (χ4v) is 0.502. The van der Waals surface area contributed by atoms with Gasteiger partial charge in [0.05, 0.1) is 0 Å². The summed E-state index contributed by atoms with van der Waals surface area (Å²) in [6.07, 6.45) is -1.22. The maximum Gasteiger partial charge on any atom is 0.335 e. The Labute approximate surface area is 85.0 Å². The van der Waals surface area contributed by atoms with Crippen molar-refractivity contribution in [1.29, 1.82) is 0 Å². The number of aliphatic hydroxyl groups excluding tert-OH is 2. The normalized spacial score (nSPS) is 18.0. The Morgan fingerprint density at radius 1 is 1.07 bits per heavy atom. The average Bonchev–Trinajstić information content (AvgIpc) is 2.99. The molecule has 2 atom stereocenters. The van der Waals surface area contributed by atoms with Gasteiger partial charge in [-0.1, -0.05) is 0 Å². The fourth-order valence-electron chi connectivity index (χ4n) is 0.502. The number of carboxylic acids is 2. The van der Waals surface area contributed by atoms with Crippen LogP contribution >= 0.6 is 0 Å². The van der Waals surface area contributed by atoms with Gasteiger partial charge in [0, 0.05) is 5.92 Å². The molecule has 0 aromatic carbocycles. The predicted octanol–water partition coefficient (Wildman–Crippen LogP) is -1.53. The van der Waals surface area contributed by atoms with E-state index in [2.05, 4.69) is 0 Å². The molecule has 4 N–H and O–H groups in total. The largest absolute Gasteiger partial charge is 0.479 e. The van der Waals surface area contributed by atoms with Crippen LogP contribution in [0.25, 0.3) is 0 Å². The van der Waals surface area contributed by atoms with Gasteiger partial charge in [0.1, 0.15) is 6.29 Å². The Kier molecular flexibility index (Phi) is 5.50. The lowest BCUT2D eigenvalue weighted by molar-refractivity contribution is -0.165. The van der Waals surface area contributed by atoms with Crippen LogP contribution in [0.1, 0.15) is 12.8 Å². The van der Waals surface area contributed by atoms with Gasteiger partial charge in [0.25, 0.3) is 0 Å². The lowest BCUT2D eigenvalue weighted by Gasteiger charge is -2.07. The molecule has 15 heavy (non-hydrogen) atoms. The maximum absolute atomic E-state index is 9.77. The van der Waals surface area contributed by atoms with Crippen molar-refractivity contribution in [3.05, 3.63) is 0 Å². The van der Waals surface area contributed by atoms with Gasteiger partial charge in [0.2, 0.25) is 0 Å². The van der Waals surface area contributed by atoms with Crippen LogP contribution < -0.4 is 0 Å². The van der Waals surface area contributed by atoms with E-state index in [0.717, 1.165) is 19.1 Å². The molecule has 2 unspecified atom stereocenters. The number of aliphatic hydroxyl groups is 2. The number of carbonyl (C=O) groups excluding carboxylic acids is 1. The molecule has 1 aliphatic rings. The molecule has 0 aliphatic heterocycles. The summed E-state index contributed by atoms with van der Waals surface area (Å²) in [6.45, 7) is 0. The van der Waals surface area contributed by atoms with Crippen LogP contribution in [0, 0.1) is 5.92 Å². The van der Waals surface area contributed by atoms with E-state index in [1.165, 1.54) is 0 Å². The number of aliphatic carboxylic acids is 2. The van der Waals surface area contributed by atoms with Crippen molar-refractivity contribution in [2.45, 2.75) is 25.0 Å². The summed E-state index contributed by atoms with van der Waals surface area (Å²) in [4.78, 5) is 29.1. The van der Waals surface area contributed by atoms with E-state index >= 15 is 0 Å². The van der Waals surface area contributed by atoms with Crippen molar-refractivity contribution in [2.24, 2.45) is 5.92 Å². The first-order valence-electron chi connectivity index (χ1n) is 4.17. The Hall–Kier alpha value is -1.47. The Morgan fingerprint density at radius 3 is 1.47 bits per heavy atom. The Bertz CT molecular complexity index is 227. The fraction of sp³-hybridized carbons (Fsp3) is 0.625. The Morgan fingerprint density at radius 2 is 1.40 bits per heavy atom. The smallest absolute Gasteiger partial charge is 0.335 e. The molecule has 1 saturated carbocycles. The second-order valence-corrected chi connectivity index (χ2v) is 3.04. The lowest BCUT2D eigenvalue weighted by atomic mass is 10.2. The molecule has 0 aromatic rings. The van der Waals surface area contributed by atoms with E-state index < -0.39 is 24.1 Å². The molecule has 0 amide bonds. The summed E-state index contributed by atoms with van der Waals surface area (Å²) in [7, 11) is 0. The third-order valence-electron chi connectivity index (χ3n) is 1.62.